The van der Waals surface area contributed by atoms with Crippen molar-refractivity contribution >= 4 is 8.32 Å². The Labute approximate surface area is 81.6 Å². The SMILES string of the molecule is CC[Si]([O])(CC)Cc1ccccc1. The molecule has 0 atom stereocenters. The van der Waals surface area contributed by atoms with Crippen LogP contribution in [0.3, 0.4) is 0 Å². The highest BCUT2D eigenvalue weighted by Crippen LogP contribution is 2.17. The highest BCUT2D eigenvalue weighted by Gasteiger charge is 2.29. The summed E-state index contributed by atoms with van der Waals surface area (Å²) >= 11 is 0. The first kappa shape index (κ1) is 10.5. The average molecular weight is 193 g/mol. The zero-order chi connectivity index (χ0) is 9.73. The molecule has 0 saturated heterocycles. The fourth-order valence-electron chi connectivity index (χ4n) is 1.47. The van der Waals surface area contributed by atoms with Gasteiger partial charge in [-0.3, -0.25) is 4.80 Å². The molecule has 0 aromatic heterocycles. The first-order valence-corrected chi connectivity index (χ1v) is 7.47. The Balaban J connectivity index is 2.68. The smallest absolute Gasteiger partial charge is 0.241 e. The van der Waals surface area contributed by atoms with Gasteiger partial charge in [0.15, 0.2) is 0 Å². The molecule has 13 heavy (non-hydrogen) atoms. The first-order chi connectivity index (χ1) is 6.20. The molecule has 1 aromatic carbocycles. The third-order valence-corrected chi connectivity index (χ3v) is 6.29. The number of hydrogen-bond acceptors (Lipinski definition) is 0. The molecule has 0 bridgehead atoms. The maximum absolute atomic E-state index is 12.1. The van der Waals surface area contributed by atoms with E-state index in [-0.39, 0.29) is 0 Å². The van der Waals surface area contributed by atoms with E-state index in [1.165, 1.54) is 5.56 Å². The van der Waals surface area contributed by atoms with Gasteiger partial charge in [0, 0.05) is 0 Å². The Morgan fingerprint density at radius 3 is 2.08 bits per heavy atom. The minimum atomic E-state index is -2.19. The lowest BCUT2D eigenvalue weighted by Gasteiger charge is -2.18. The molecule has 1 aromatic rings. The largest absolute Gasteiger partial charge is 0.297 e. The topological polar surface area (TPSA) is 19.9 Å². The standard InChI is InChI=1S/C11H17OSi/c1-3-13(12,4-2)10-11-8-6-5-7-9-11/h5-9H,3-4,10H2,1-2H3. The van der Waals surface area contributed by atoms with Crippen LogP contribution in [-0.4, -0.2) is 8.32 Å². The van der Waals surface area contributed by atoms with E-state index < -0.39 is 8.32 Å². The summed E-state index contributed by atoms with van der Waals surface area (Å²) in [5.41, 5.74) is 1.22. The zero-order valence-electron chi connectivity index (χ0n) is 8.42. The summed E-state index contributed by atoms with van der Waals surface area (Å²) < 4.78 is 0. The van der Waals surface area contributed by atoms with E-state index in [0.717, 1.165) is 18.1 Å². The maximum Gasteiger partial charge on any atom is 0.241 e. The first-order valence-electron chi connectivity index (χ1n) is 4.94. The van der Waals surface area contributed by atoms with Gasteiger partial charge in [-0.15, -0.1) is 0 Å². The monoisotopic (exact) mass is 193 g/mol. The molecule has 0 fully saturated rings. The molecule has 0 heterocycles. The van der Waals surface area contributed by atoms with Gasteiger partial charge in [0.05, 0.1) is 0 Å². The van der Waals surface area contributed by atoms with Crippen molar-refractivity contribution in [1.82, 2.24) is 0 Å². The molecule has 0 N–H and O–H groups in total. The van der Waals surface area contributed by atoms with Crippen LogP contribution in [0.15, 0.2) is 30.3 Å². The molecular formula is C11H17OSi. The van der Waals surface area contributed by atoms with Gasteiger partial charge in [0.1, 0.15) is 0 Å². The number of hydrogen-bond donors (Lipinski definition) is 0. The summed E-state index contributed by atoms with van der Waals surface area (Å²) in [6.45, 7) is 4.07. The number of benzene rings is 1. The molecule has 71 valence electrons. The van der Waals surface area contributed by atoms with E-state index in [0.29, 0.717) is 0 Å². The molecular weight excluding hydrogens is 176 g/mol. The Kier molecular flexibility index (Phi) is 3.69. The summed E-state index contributed by atoms with van der Waals surface area (Å²) in [7, 11) is -2.19. The summed E-state index contributed by atoms with van der Waals surface area (Å²) in [6.07, 6.45) is 0. The second-order valence-corrected chi connectivity index (χ2v) is 7.69. The minimum absolute atomic E-state index is 0.792. The van der Waals surface area contributed by atoms with Crippen molar-refractivity contribution in [3.8, 4) is 0 Å². The van der Waals surface area contributed by atoms with Crippen molar-refractivity contribution < 1.29 is 4.80 Å². The molecule has 0 aliphatic rings. The molecule has 0 aliphatic carbocycles. The molecule has 2 heteroatoms. The lowest BCUT2D eigenvalue weighted by atomic mass is 10.2. The molecule has 1 nitrogen and oxygen atoms in total. The van der Waals surface area contributed by atoms with Crippen LogP contribution in [0.25, 0.3) is 0 Å². The Hall–Kier alpha value is -0.603. The van der Waals surface area contributed by atoms with E-state index in [4.69, 9.17) is 0 Å². The summed E-state index contributed by atoms with van der Waals surface area (Å²) in [5, 5.41) is 0. The maximum atomic E-state index is 12.1. The van der Waals surface area contributed by atoms with Gasteiger partial charge in [0.25, 0.3) is 0 Å². The molecule has 0 unspecified atom stereocenters. The highest BCUT2D eigenvalue weighted by molar-refractivity contribution is 6.71. The van der Waals surface area contributed by atoms with Gasteiger partial charge < -0.3 is 0 Å². The van der Waals surface area contributed by atoms with Crippen molar-refractivity contribution in [2.45, 2.75) is 32.0 Å². The van der Waals surface area contributed by atoms with E-state index in [9.17, 15) is 4.80 Å². The zero-order valence-corrected chi connectivity index (χ0v) is 9.42. The average Bonchev–Trinajstić information content (AvgIpc) is 2.19. The summed E-state index contributed by atoms with van der Waals surface area (Å²) in [6, 6.07) is 12.6. The minimum Gasteiger partial charge on any atom is -0.297 e. The molecule has 1 radical (unpaired) electrons. The van der Waals surface area contributed by atoms with Gasteiger partial charge in [-0.25, -0.2) is 0 Å². The van der Waals surface area contributed by atoms with Gasteiger partial charge in [-0.05, 0) is 23.7 Å². The third kappa shape index (κ3) is 2.97. The fraction of sp³-hybridized carbons (Fsp3) is 0.455. The Bertz CT molecular complexity index is 242. The van der Waals surface area contributed by atoms with E-state index in [2.05, 4.69) is 12.1 Å². The van der Waals surface area contributed by atoms with Crippen molar-refractivity contribution in [3.63, 3.8) is 0 Å². The van der Waals surface area contributed by atoms with Crippen LogP contribution in [0.1, 0.15) is 19.4 Å². The van der Waals surface area contributed by atoms with Crippen molar-refractivity contribution in [2.24, 2.45) is 0 Å². The van der Waals surface area contributed by atoms with Crippen molar-refractivity contribution in [3.05, 3.63) is 35.9 Å². The van der Waals surface area contributed by atoms with Crippen LogP contribution < -0.4 is 0 Å². The second-order valence-electron chi connectivity index (χ2n) is 3.55. The van der Waals surface area contributed by atoms with Crippen LogP contribution in [0.2, 0.25) is 12.1 Å². The predicted molar refractivity (Wildman–Crippen MR) is 57.5 cm³/mol. The number of rotatable bonds is 4. The van der Waals surface area contributed by atoms with E-state index in [1.54, 1.807) is 0 Å². The molecule has 0 spiro atoms. The molecule has 0 amide bonds. The lowest BCUT2D eigenvalue weighted by Crippen LogP contribution is -2.33. The Morgan fingerprint density at radius 1 is 1.08 bits per heavy atom. The van der Waals surface area contributed by atoms with Crippen molar-refractivity contribution in [1.29, 1.82) is 0 Å². The van der Waals surface area contributed by atoms with Crippen LogP contribution in [-0.2, 0) is 10.8 Å². The van der Waals surface area contributed by atoms with E-state index in [1.807, 2.05) is 32.0 Å². The third-order valence-electron chi connectivity index (χ3n) is 2.66. The fourth-order valence-corrected chi connectivity index (χ4v) is 3.45. The van der Waals surface area contributed by atoms with Crippen LogP contribution in [0.5, 0.6) is 0 Å². The highest BCUT2D eigenvalue weighted by atomic mass is 28.4. The van der Waals surface area contributed by atoms with Gasteiger partial charge >= 0.3 is 0 Å². The molecule has 0 saturated carbocycles. The Morgan fingerprint density at radius 2 is 1.62 bits per heavy atom. The normalized spacial score (nSPS) is 11.6. The van der Waals surface area contributed by atoms with Gasteiger partial charge in [-0.1, -0.05) is 44.2 Å². The van der Waals surface area contributed by atoms with Gasteiger partial charge in [0.2, 0.25) is 8.32 Å². The molecule has 0 aliphatic heterocycles. The van der Waals surface area contributed by atoms with E-state index >= 15 is 0 Å². The molecule has 1 rings (SSSR count). The second kappa shape index (κ2) is 4.58. The summed E-state index contributed by atoms with van der Waals surface area (Å²) in [4.78, 5) is 12.1. The predicted octanol–water partition coefficient (Wildman–Crippen LogP) is 3.18. The summed E-state index contributed by atoms with van der Waals surface area (Å²) in [5.74, 6) is 0. The van der Waals surface area contributed by atoms with Crippen molar-refractivity contribution in [2.75, 3.05) is 0 Å². The lowest BCUT2D eigenvalue weighted by molar-refractivity contribution is 0.413. The van der Waals surface area contributed by atoms with Gasteiger partial charge in [-0.2, -0.15) is 0 Å². The van der Waals surface area contributed by atoms with Crippen LogP contribution >= 0.6 is 0 Å². The quantitative estimate of drug-likeness (QED) is 0.655. The van der Waals surface area contributed by atoms with Crippen LogP contribution in [0.4, 0.5) is 0 Å². The van der Waals surface area contributed by atoms with Crippen LogP contribution in [0, 0.1) is 0 Å².